The van der Waals surface area contributed by atoms with Crippen LogP contribution in [0.1, 0.15) is 53.0 Å². The molecule has 0 atom stereocenters. The number of carbonyl (C=O) groups excluding carboxylic acids is 2. The van der Waals surface area contributed by atoms with Crippen molar-refractivity contribution in [1.82, 2.24) is 5.32 Å². The standard InChI is InChI=1S/C20H23NO3/c1-4-17(5-2)21-20(23)15-11-9-14(10-12-15)19(22)16-7-6-8-18(13-16)24-3/h6-13,17H,4-5H2,1-3H3,(H,21,23). The first-order valence-corrected chi connectivity index (χ1v) is 8.18. The number of amides is 1. The summed E-state index contributed by atoms with van der Waals surface area (Å²) in [5.74, 6) is 0.437. The minimum absolute atomic E-state index is 0.0964. The van der Waals surface area contributed by atoms with Gasteiger partial charge in [-0.15, -0.1) is 0 Å². The molecule has 4 nitrogen and oxygen atoms in total. The van der Waals surface area contributed by atoms with Crippen LogP contribution in [-0.2, 0) is 0 Å². The highest BCUT2D eigenvalue weighted by Gasteiger charge is 2.13. The Labute approximate surface area is 142 Å². The molecule has 0 radical (unpaired) electrons. The third-order valence-electron chi connectivity index (χ3n) is 4.06. The zero-order valence-electron chi connectivity index (χ0n) is 14.3. The van der Waals surface area contributed by atoms with E-state index in [1.54, 1.807) is 55.6 Å². The van der Waals surface area contributed by atoms with Gasteiger partial charge in [-0.3, -0.25) is 9.59 Å². The number of hydrogen-bond donors (Lipinski definition) is 1. The molecule has 0 aliphatic heterocycles. The molecule has 0 heterocycles. The summed E-state index contributed by atoms with van der Waals surface area (Å²) < 4.78 is 5.14. The Kier molecular flexibility index (Phi) is 6.13. The van der Waals surface area contributed by atoms with Gasteiger partial charge < -0.3 is 10.1 Å². The number of rotatable bonds is 7. The lowest BCUT2D eigenvalue weighted by Crippen LogP contribution is -2.33. The molecule has 2 aromatic rings. The Hall–Kier alpha value is -2.62. The van der Waals surface area contributed by atoms with Crippen molar-refractivity contribution in [2.45, 2.75) is 32.7 Å². The van der Waals surface area contributed by atoms with Crippen molar-refractivity contribution in [3.8, 4) is 5.75 Å². The maximum atomic E-state index is 12.5. The second-order valence-corrected chi connectivity index (χ2v) is 5.63. The fourth-order valence-corrected chi connectivity index (χ4v) is 2.47. The van der Waals surface area contributed by atoms with E-state index in [1.165, 1.54) is 0 Å². The summed E-state index contributed by atoms with van der Waals surface area (Å²) in [6, 6.07) is 13.9. The largest absolute Gasteiger partial charge is 0.497 e. The summed E-state index contributed by atoms with van der Waals surface area (Å²) in [6.07, 6.45) is 1.79. The smallest absolute Gasteiger partial charge is 0.251 e. The topological polar surface area (TPSA) is 55.4 Å². The van der Waals surface area contributed by atoms with E-state index in [1.807, 2.05) is 13.8 Å². The summed E-state index contributed by atoms with van der Waals surface area (Å²) in [4.78, 5) is 24.7. The summed E-state index contributed by atoms with van der Waals surface area (Å²) in [7, 11) is 1.57. The van der Waals surface area contributed by atoms with Gasteiger partial charge in [-0.25, -0.2) is 0 Å². The van der Waals surface area contributed by atoms with Crippen LogP contribution in [0.2, 0.25) is 0 Å². The molecule has 126 valence electrons. The van der Waals surface area contributed by atoms with Crippen LogP contribution in [0.15, 0.2) is 48.5 Å². The summed E-state index contributed by atoms with van der Waals surface area (Å²) in [5.41, 5.74) is 1.66. The van der Waals surface area contributed by atoms with Crippen molar-refractivity contribution >= 4 is 11.7 Å². The maximum absolute atomic E-state index is 12.5. The zero-order chi connectivity index (χ0) is 17.5. The molecule has 2 rings (SSSR count). The van der Waals surface area contributed by atoms with Crippen molar-refractivity contribution in [3.05, 3.63) is 65.2 Å². The Morgan fingerprint density at radius 3 is 2.17 bits per heavy atom. The normalized spacial score (nSPS) is 10.5. The van der Waals surface area contributed by atoms with Crippen LogP contribution in [0.25, 0.3) is 0 Å². The predicted octanol–water partition coefficient (Wildman–Crippen LogP) is 3.84. The number of methoxy groups -OCH3 is 1. The molecule has 0 aliphatic rings. The zero-order valence-corrected chi connectivity index (χ0v) is 14.3. The van der Waals surface area contributed by atoms with Crippen LogP contribution in [0, 0.1) is 0 Å². The van der Waals surface area contributed by atoms with Crippen LogP contribution in [-0.4, -0.2) is 24.8 Å². The second kappa shape index (κ2) is 8.29. The van der Waals surface area contributed by atoms with E-state index in [0.29, 0.717) is 22.4 Å². The van der Waals surface area contributed by atoms with Gasteiger partial charge in [0, 0.05) is 22.7 Å². The summed E-state index contributed by atoms with van der Waals surface area (Å²) >= 11 is 0. The molecular weight excluding hydrogens is 302 g/mol. The molecule has 4 heteroatoms. The molecule has 2 aromatic carbocycles. The van der Waals surface area contributed by atoms with Crippen LogP contribution >= 0.6 is 0 Å². The first-order chi connectivity index (χ1) is 11.6. The van der Waals surface area contributed by atoms with Crippen molar-refractivity contribution in [2.75, 3.05) is 7.11 Å². The SMILES string of the molecule is CCC(CC)NC(=O)c1ccc(C(=O)c2cccc(OC)c2)cc1. The Balaban J connectivity index is 2.13. The second-order valence-electron chi connectivity index (χ2n) is 5.63. The predicted molar refractivity (Wildman–Crippen MR) is 94.7 cm³/mol. The third-order valence-corrected chi connectivity index (χ3v) is 4.06. The van der Waals surface area contributed by atoms with Gasteiger partial charge in [0.25, 0.3) is 5.91 Å². The van der Waals surface area contributed by atoms with Gasteiger partial charge in [0.05, 0.1) is 7.11 Å². The molecule has 1 amide bonds. The van der Waals surface area contributed by atoms with Gasteiger partial charge in [0.1, 0.15) is 5.75 Å². The fourth-order valence-electron chi connectivity index (χ4n) is 2.47. The number of ether oxygens (including phenoxy) is 1. The number of nitrogens with one attached hydrogen (secondary N) is 1. The molecular formula is C20H23NO3. The summed E-state index contributed by atoms with van der Waals surface area (Å²) in [5, 5.41) is 2.99. The fraction of sp³-hybridized carbons (Fsp3) is 0.300. The first kappa shape index (κ1) is 17.7. The molecule has 0 fully saturated rings. The van der Waals surface area contributed by atoms with E-state index in [-0.39, 0.29) is 17.7 Å². The maximum Gasteiger partial charge on any atom is 0.251 e. The van der Waals surface area contributed by atoms with Gasteiger partial charge in [0.15, 0.2) is 5.78 Å². The molecule has 24 heavy (non-hydrogen) atoms. The van der Waals surface area contributed by atoms with Gasteiger partial charge in [-0.2, -0.15) is 0 Å². The number of benzene rings is 2. The first-order valence-electron chi connectivity index (χ1n) is 8.18. The van der Waals surface area contributed by atoms with E-state index in [2.05, 4.69) is 5.32 Å². The third kappa shape index (κ3) is 4.22. The average molecular weight is 325 g/mol. The molecule has 0 bridgehead atoms. The average Bonchev–Trinajstić information content (AvgIpc) is 2.65. The summed E-state index contributed by atoms with van der Waals surface area (Å²) in [6.45, 7) is 4.09. The Bertz CT molecular complexity index is 703. The van der Waals surface area contributed by atoms with Crippen molar-refractivity contribution in [2.24, 2.45) is 0 Å². The highest BCUT2D eigenvalue weighted by Crippen LogP contribution is 2.17. The highest BCUT2D eigenvalue weighted by molar-refractivity contribution is 6.09. The Morgan fingerprint density at radius 2 is 1.58 bits per heavy atom. The van der Waals surface area contributed by atoms with E-state index in [9.17, 15) is 9.59 Å². The van der Waals surface area contributed by atoms with Crippen molar-refractivity contribution in [3.63, 3.8) is 0 Å². The van der Waals surface area contributed by atoms with Gasteiger partial charge in [0.2, 0.25) is 0 Å². The van der Waals surface area contributed by atoms with E-state index in [0.717, 1.165) is 12.8 Å². The molecule has 0 unspecified atom stereocenters. The van der Waals surface area contributed by atoms with Gasteiger partial charge in [-0.1, -0.05) is 38.1 Å². The lowest BCUT2D eigenvalue weighted by atomic mass is 10.0. The van der Waals surface area contributed by atoms with Crippen LogP contribution in [0.3, 0.4) is 0 Å². The van der Waals surface area contributed by atoms with E-state index < -0.39 is 0 Å². The molecule has 0 spiro atoms. The van der Waals surface area contributed by atoms with Gasteiger partial charge >= 0.3 is 0 Å². The quantitative estimate of drug-likeness (QED) is 0.787. The number of hydrogen-bond acceptors (Lipinski definition) is 3. The Morgan fingerprint density at radius 1 is 0.958 bits per heavy atom. The molecule has 0 saturated carbocycles. The molecule has 0 aliphatic carbocycles. The molecule has 0 aromatic heterocycles. The van der Waals surface area contributed by atoms with Crippen molar-refractivity contribution < 1.29 is 14.3 Å². The number of carbonyl (C=O) groups is 2. The van der Waals surface area contributed by atoms with Gasteiger partial charge in [-0.05, 0) is 37.1 Å². The monoisotopic (exact) mass is 325 g/mol. The molecule has 1 N–H and O–H groups in total. The van der Waals surface area contributed by atoms with Crippen LogP contribution in [0.4, 0.5) is 0 Å². The van der Waals surface area contributed by atoms with Crippen LogP contribution < -0.4 is 10.1 Å². The minimum Gasteiger partial charge on any atom is -0.497 e. The highest BCUT2D eigenvalue weighted by atomic mass is 16.5. The van der Waals surface area contributed by atoms with E-state index >= 15 is 0 Å². The minimum atomic E-state index is -0.107. The number of ketones is 1. The van der Waals surface area contributed by atoms with Crippen LogP contribution in [0.5, 0.6) is 5.75 Å². The van der Waals surface area contributed by atoms with Crippen molar-refractivity contribution in [1.29, 1.82) is 0 Å². The van der Waals surface area contributed by atoms with E-state index in [4.69, 9.17) is 4.74 Å². The molecule has 0 saturated heterocycles. The lowest BCUT2D eigenvalue weighted by Gasteiger charge is -2.14. The lowest BCUT2D eigenvalue weighted by molar-refractivity contribution is 0.0933.